The highest BCUT2D eigenvalue weighted by atomic mass is 32.2. The van der Waals surface area contributed by atoms with E-state index >= 15 is 0 Å². The van der Waals surface area contributed by atoms with Crippen molar-refractivity contribution in [3.8, 4) is 11.5 Å². The van der Waals surface area contributed by atoms with Crippen molar-refractivity contribution >= 4 is 9.84 Å². The zero-order chi connectivity index (χ0) is 13.3. The lowest BCUT2D eigenvalue weighted by Gasteiger charge is -2.10. The van der Waals surface area contributed by atoms with E-state index in [2.05, 4.69) is 0 Å². The van der Waals surface area contributed by atoms with Crippen molar-refractivity contribution in [3.63, 3.8) is 0 Å². The van der Waals surface area contributed by atoms with Gasteiger partial charge >= 0.3 is 0 Å². The Morgan fingerprint density at radius 1 is 0.889 bits per heavy atom. The third-order valence-electron chi connectivity index (χ3n) is 2.68. The predicted octanol–water partition coefficient (Wildman–Crippen LogP) is 2.24. The van der Waals surface area contributed by atoms with Crippen molar-refractivity contribution in [1.29, 1.82) is 0 Å². The SMILES string of the molecule is Cc1c(O)ccc(O)c1S(=O)(=O)c1ccccc1. The zero-order valence-electron chi connectivity index (χ0n) is 9.66. The van der Waals surface area contributed by atoms with E-state index in [-0.39, 0.29) is 26.9 Å². The lowest BCUT2D eigenvalue weighted by atomic mass is 10.2. The molecule has 94 valence electrons. The monoisotopic (exact) mass is 264 g/mol. The Balaban J connectivity index is 2.74. The van der Waals surface area contributed by atoms with E-state index in [0.717, 1.165) is 6.07 Å². The number of sulfone groups is 1. The molecule has 0 saturated carbocycles. The van der Waals surface area contributed by atoms with Crippen LogP contribution in [-0.4, -0.2) is 18.6 Å². The average molecular weight is 264 g/mol. The van der Waals surface area contributed by atoms with Gasteiger partial charge in [-0.1, -0.05) is 18.2 Å². The van der Waals surface area contributed by atoms with E-state index < -0.39 is 9.84 Å². The molecule has 2 rings (SSSR count). The molecule has 0 heterocycles. The van der Waals surface area contributed by atoms with Crippen molar-refractivity contribution < 1.29 is 18.6 Å². The number of aromatic hydroxyl groups is 2. The fourth-order valence-corrected chi connectivity index (χ4v) is 3.33. The van der Waals surface area contributed by atoms with Crippen LogP contribution in [0.5, 0.6) is 11.5 Å². The molecule has 0 aliphatic carbocycles. The van der Waals surface area contributed by atoms with Crippen LogP contribution in [0, 0.1) is 6.92 Å². The summed E-state index contributed by atoms with van der Waals surface area (Å²) in [5.74, 6) is -0.531. The van der Waals surface area contributed by atoms with Gasteiger partial charge in [-0.05, 0) is 31.2 Å². The van der Waals surface area contributed by atoms with Gasteiger partial charge in [-0.15, -0.1) is 0 Å². The van der Waals surface area contributed by atoms with Crippen LogP contribution in [0.25, 0.3) is 0 Å². The molecule has 18 heavy (non-hydrogen) atoms. The minimum absolute atomic E-state index is 0.0778. The Hall–Kier alpha value is -2.01. The molecule has 2 aromatic carbocycles. The summed E-state index contributed by atoms with van der Waals surface area (Å²) in [7, 11) is -3.83. The number of hydrogen-bond acceptors (Lipinski definition) is 4. The molecule has 0 spiro atoms. The highest BCUT2D eigenvalue weighted by Gasteiger charge is 2.25. The lowest BCUT2D eigenvalue weighted by Crippen LogP contribution is -2.04. The molecule has 0 aliphatic rings. The van der Waals surface area contributed by atoms with Crippen LogP contribution in [0.15, 0.2) is 52.3 Å². The van der Waals surface area contributed by atoms with Crippen LogP contribution in [-0.2, 0) is 9.84 Å². The zero-order valence-corrected chi connectivity index (χ0v) is 10.5. The van der Waals surface area contributed by atoms with Crippen LogP contribution in [0.4, 0.5) is 0 Å². The summed E-state index contributed by atoms with van der Waals surface area (Å²) in [6.45, 7) is 1.45. The number of benzene rings is 2. The van der Waals surface area contributed by atoms with Gasteiger partial charge in [-0.3, -0.25) is 0 Å². The van der Waals surface area contributed by atoms with Gasteiger partial charge in [0.1, 0.15) is 16.4 Å². The van der Waals surface area contributed by atoms with Gasteiger partial charge in [0, 0.05) is 5.56 Å². The van der Waals surface area contributed by atoms with Gasteiger partial charge in [-0.2, -0.15) is 0 Å². The second-order valence-electron chi connectivity index (χ2n) is 3.87. The molecule has 0 aromatic heterocycles. The molecule has 0 aliphatic heterocycles. The number of phenolic OH excluding ortho intramolecular Hbond substituents is 2. The quantitative estimate of drug-likeness (QED) is 0.816. The van der Waals surface area contributed by atoms with Crippen molar-refractivity contribution in [2.45, 2.75) is 16.7 Å². The van der Waals surface area contributed by atoms with Crippen molar-refractivity contribution in [3.05, 3.63) is 48.0 Å². The minimum Gasteiger partial charge on any atom is -0.508 e. The van der Waals surface area contributed by atoms with Gasteiger partial charge in [0.25, 0.3) is 0 Å². The van der Waals surface area contributed by atoms with Crippen LogP contribution in [0.1, 0.15) is 5.56 Å². The molecule has 4 nitrogen and oxygen atoms in total. The number of hydrogen-bond donors (Lipinski definition) is 2. The summed E-state index contributed by atoms with van der Waals surface area (Å²) in [6.07, 6.45) is 0. The topological polar surface area (TPSA) is 74.6 Å². The van der Waals surface area contributed by atoms with Crippen LogP contribution in [0.3, 0.4) is 0 Å². The standard InChI is InChI=1S/C13H12O4S/c1-9-11(14)7-8-12(15)13(9)18(16,17)10-5-3-2-4-6-10/h2-8,14-15H,1H3. The van der Waals surface area contributed by atoms with E-state index in [1.165, 1.54) is 25.1 Å². The molecular formula is C13H12O4S. The largest absolute Gasteiger partial charge is 0.508 e. The highest BCUT2D eigenvalue weighted by molar-refractivity contribution is 7.91. The summed E-state index contributed by atoms with van der Waals surface area (Å²) >= 11 is 0. The molecule has 0 fully saturated rings. The number of rotatable bonds is 2. The van der Waals surface area contributed by atoms with E-state index in [1.54, 1.807) is 18.2 Å². The predicted molar refractivity (Wildman–Crippen MR) is 66.4 cm³/mol. The van der Waals surface area contributed by atoms with Gasteiger partial charge < -0.3 is 10.2 Å². The van der Waals surface area contributed by atoms with Crippen molar-refractivity contribution in [2.24, 2.45) is 0 Å². The van der Waals surface area contributed by atoms with Crippen LogP contribution in [0.2, 0.25) is 0 Å². The normalized spacial score (nSPS) is 11.4. The van der Waals surface area contributed by atoms with Crippen LogP contribution >= 0.6 is 0 Å². The molecule has 0 atom stereocenters. The molecule has 0 unspecified atom stereocenters. The van der Waals surface area contributed by atoms with Gasteiger partial charge in [0.15, 0.2) is 0 Å². The summed E-state index contributed by atoms with van der Waals surface area (Å²) in [4.78, 5) is -0.178. The smallest absolute Gasteiger partial charge is 0.210 e. The van der Waals surface area contributed by atoms with Gasteiger partial charge in [-0.25, -0.2) is 8.42 Å². The summed E-state index contributed by atoms with van der Waals surface area (Å²) < 4.78 is 24.7. The van der Waals surface area contributed by atoms with Crippen molar-refractivity contribution in [1.82, 2.24) is 0 Å². The number of phenols is 2. The first-order valence-corrected chi connectivity index (χ1v) is 6.74. The second kappa shape index (κ2) is 4.34. The maximum absolute atomic E-state index is 12.4. The first kappa shape index (κ1) is 12.4. The fraction of sp³-hybridized carbons (Fsp3) is 0.0769. The Morgan fingerprint density at radius 3 is 2.06 bits per heavy atom. The molecule has 0 bridgehead atoms. The first-order valence-electron chi connectivity index (χ1n) is 5.26. The molecule has 2 aromatic rings. The van der Waals surface area contributed by atoms with E-state index in [0.29, 0.717) is 0 Å². The second-order valence-corrected chi connectivity index (χ2v) is 5.76. The maximum atomic E-state index is 12.4. The summed E-state index contributed by atoms with van der Waals surface area (Å²) in [5, 5.41) is 19.3. The first-order chi connectivity index (χ1) is 8.44. The van der Waals surface area contributed by atoms with E-state index in [9.17, 15) is 18.6 Å². The molecule has 0 amide bonds. The van der Waals surface area contributed by atoms with Gasteiger partial charge in [0.05, 0.1) is 4.90 Å². The fourth-order valence-electron chi connectivity index (χ4n) is 1.72. The molecule has 0 radical (unpaired) electrons. The minimum atomic E-state index is -3.83. The molecule has 0 saturated heterocycles. The highest BCUT2D eigenvalue weighted by Crippen LogP contribution is 2.35. The molecular weight excluding hydrogens is 252 g/mol. The summed E-state index contributed by atoms with van der Waals surface area (Å²) in [6, 6.07) is 10.2. The Morgan fingerprint density at radius 2 is 1.44 bits per heavy atom. The van der Waals surface area contributed by atoms with Gasteiger partial charge in [0.2, 0.25) is 9.84 Å². The molecule has 2 N–H and O–H groups in total. The Kier molecular flexibility index (Phi) is 3.00. The Labute approximate surface area is 105 Å². The van der Waals surface area contributed by atoms with E-state index in [4.69, 9.17) is 0 Å². The third kappa shape index (κ3) is 1.93. The molecule has 5 heteroatoms. The third-order valence-corrected chi connectivity index (χ3v) is 4.62. The average Bonchev–Trinajstić information content (AvgIpc) is 2.35. The maximum Gasteiger partial charge on any atom is 0.210 e. The summed E-state index contributed by atoms with van der Waals surface area (Å²) in [5.41, 5.74) is 0.138. The Bertz CT molecular complexity index is 676. The lowest BCUT2D eigenvalue weighted by molar-refractivity contribution is 0.441. The van der Waals surface area contributed by atoms with Crippen molar-refractivity contribution in [2.75, 3.05) is 0 Å². The van der Waals surface area contributed by atoms with E-state index in [1.807, 2.05) is 0 Å². The van der Waals surface area contributed by atoms with Crippen LogP contribution < -0.4 is 0 Å².